The van der Waals surface area contributed by atoms with E-state index in [1.54, 1.807) is 7.05 Å². The minimum atomic E-state index is -0.561. The number of hydrogen-bond donors (Lipinski definition) is 2. The van der Waals surface area contributed by atoms with Crippen molar-refractivity contribution < 1.29 is 4.79 Å². The van der Waals surface area contributed by atoms with Gasteiger partial charge in [0.25, 0.3) is 0 Å². The van der Waals surface area contributed by atoms with E-state index in [1.165, 1.54) is 13.0 Å². The monoisotopic (exact) mass is 241 g/mol. The first-order valence-corrected chi connectivity index (χ1v) is 6.62. The second kappa shape index (κ2) is 5.83. The molecule has 100 valence electrons. The zero-order valence-electron chi connectivity index (χ0n) is 11.6. The van der Waals surface area contributed by atoms with Crippen LogP contribution in [0.2, 0.25) is 0 Å². The average molecular weight is 241 g/mol. The smallest absolute Gasteiger partial charge is 0.237 e. The molecule has 1 fully saturated rings. The Bertz CT molecular complexity index is 269. The van der Waals surface area contributed by atoms with Crippen LogP contribution in [0.15, 0.2) is 0 Å². The molecule has 0 aromatic carbocycles. The lowest BCUT2D eigenvalue weighted by atomic mass is 9.95. The van der Waals surface area contributed by atoms with Gasteiger partial charge in [-0.15, -0.1) is 0 Å². The molecule has 0 aliphatic carbocycles. The van der Waals surface area contributed by atoms with Gasteiger partial charge in [-0.05, 0) is 52.6 Å². The SMILES string of the molecule is CNC(C)(CCCN1CC(C)CC1C)C(N)=O. The highest BCUT2D eigenvalue weighted by atomic mass is 16.1. The number of nitrogens with two attached hydrogens (primary N) is 1. The average Bonchev–Trinajstić information content (AvgIpc) is 2.57. The molecule has 1 heterocycles. The maximum atomic E-state index is 11.3. The number of carbonyl (C=O) groups excluding carboxylic acids is 1. The van der Waals surface area contributed by atoms with E-state index in [4.69, 9.17) is 5.73 Å². The van der Waals surface area contributed by atoms with Crippen molar-refractivity contribution in [2.24, 2.45) is 11.7 Å². The maximum absolute atomic E-state index is 11.3. The van der Waals surface area contributed by atoms with Gasteiger partial charge < -0.3 is 16.0 Å². The molecule has 0 bridgehead atoms. The molecule has 0 radical (unpaired) electrons. The van der Waals surface area contributed by atoms with Gasteiger partial charge in [-0.25, -0.2) is 0 Å². The van der Waals surface area contributed by atoms with E-state index in [0.29, 0.717) is 6.04 Å². The fraction of sp³-hybridized carbons (Fsp3) is 0.923. The van der Waals surface area contributed by atoms with Gasteiger partial charge >= 0.3 is 0 Å². The number of likely N-dealkylation sites (tertiary alicyclic amines) is 1. The van der Waals surface area contributed by atoms with Crippen molar-refractivity contribution in [2.45, 2.75) is 51.6 Å². The molecule has 1 aliphatic heterocycles. The van der Waals surface area contributed by atoms with E-state index >= 15 is 0 Å². The van der Waals surface area contributed by atoms with Crippen LogP contribution < -0.4 is 11.1 Å². The van der Waals surface area contributed by atoms with E-state index in [9.17, 15) is 4.79 Å². The summed E-state index contributed by atoms with van der Waals surface area (Å²) in [6.45, 7) is 8.72. The number of rotatable bonds is 6. The number of nitrogens with one attached hydrogen (secondary N) is 1. The highest BCUT2D eigenvalue weighted by molar-refractivity contribution is 5.84. The Labute approximate surface area is 105 Å². The summed E-state index contributed by atoms with van der Waals surface area (Å²) in [7, 11) is 1.80. The number of carbonyl (C=O) groups is 1. The molecule has 4 nitrogen and oxygen atoms in total. The fourth-order valence-corrected chi connectivity index (χ4v) is 2.70. The van der Waals surface area contributed by atoms with E-state index in [-0.39, 0.29) is 5.91 Å². The predicted molar refractivity (Wildman–Crippen MR) is 70.7 cm³/mol. The Balaban J connectivity index is 2.34. The topological polar surface area (TPSA) is 58.4 Å². The molecule has 4 heteroatoms. The lowest BCUT2D eigenvalue weighted by Gasteiger charge is -2.27. The molecule has 1 saturated heterocycles. The van der Waals surface area contributed by atoms with Gasteiger partial charge in [-0.2, -0.15) is 0 Å². The summed E-state index contributed by atoms with van der Waals surface area (Å²) in [6.07, 6.45) is 3.10. The van der Waals surface area contributed by atoms with Crippen LogP contribution in [0.4, 0.5) is 0 Å². The van der Waals surface area contributed by atoms with Crippen molar-refractivity contribution in [1.82, 2.24) is 10.2 Å². The van der Waals surface area contributed by atoms with Gasteiger partial charge in [0.2, 0.25) is 5.91 Å². The van der Waals surface area contributed by atoms with Gasteiger partial charge in [0.05, 0.1) is 5.54 Å². The van der Waals surface area contributed by atoms with E-state index in [2.05, 4.69) is 24.1 Å². The maximum Gasteiger partial charge on any atom is 0.237 e. The third-order valence-electron chi connectivity index (χ3n) is 4.13. The Morgan fingerprint density at radius 1 is 1.53 bits per heavy atom. The number of nitrogens with zero attached hydrogens (tertiary/aromatic N) is 1. The van der Waals surface area contributed by atoms with Crippen LogP contribution in [0.3, 0.4) is 0 Å². The van der Waals surface area contributed by atoms with Crippen LogP contribution in [-0.4, -0.2) is 42.5 Å². The summed E-state index contributed by atoms with van der Waals surface area (Å²) in [4.78, 5) is 13.9. The van der Waals surface area contributed by atoms with Crippen LogP contribution in [0, 0.1) is 5.92 Å². The van der Waals surface area contributed by atoms with Crippen LogP contribution >= 0.6 is 0 Å². The summed E-state index contributed by atoms with van der Waals surface area (Å²) in [5.74, 6) is 0.541. The van der Waals surface area contributed by atoms with Gasteiger partial charge in [-0.3, -0.25) is 4.79 Å². The lowest BCUT2D eigenvalue weighted by molar-refractivity contribution is -0.123. The van der Waals surface area contributed by atoms with Crippen LogP contribution in [0.5, 0.6) is 0 Å². The second-order valence-electron chi connectivity index (χ2n) is 5.73. The molecule has 3 unspecified atom stereocenters. The van der Waals surface area contributed by atoms with Crippen LogP contribution in [-0.2, 0) is 4.79 Å². The van der Waals surface area contributed by atoms with Gasteiger partial charge in [0.15, 0.2) is 0 Å². The second-order valence-corrected chi connectivity index (χ2v) is 5.73. The molecule has 1 amide bonds. The molecule has 0 aromatic heterocycles. The van der Waals surface area contributed by atoms with Crippen molar-refractivity contribution in [3.8, 4) is 0 Å². The molecule has 1 aliphatic rings. The van der Waals surface area contributed by atoms with E-state index in [1.807, 2.05) is 6.92 Å². The van der Waals surface area contributed by atoms with Crippen molar-refractivity contribution in [3.63, 3.8) is 0 Å². The molecule has 3 atom stereocenters. The highest BCUT2D eigenvalue weighted by Gasteiger charge is 2.30. The van der Waals surface area contributed by atoms with Crippen LogP contribution in [0.25, 0.3) is 0 Å². The Hall–Kier alpha value is -0.610. The number of likely N-dealkylation sites (N-methyl/N-ethyl adjacent to an activating group) is 1. The summed E-state index contributed by atoms with van der Waals surface area (Å²) >= 11 is 0. The first kappa shape index (κ1) is 14.5. The molecule has 1 rings (SSSR count). The van der Waals surface area contributed by atoms with Crippen LogP contribution in [0.1, 0.15) is 40.0 Å². The Morgan fingerprint density at radius 3 is 2.59 bits per heavy atom. The summed E-state index contributed by atoms with van der Waals surface area (Å²) in [6, 6.07) is 0.680. The first-order valence-electron chi connectivity index (χ1n) is 6.62. The minimum absolute atomic E-state index is 0.261. The summed E-state index contributed by atoms with van der Waals surface area (Å²) in [5.41, 5.74) is 4.85. The lowest BCUT2D eigenvalue weighted by Crippen LogP contribution is -2.51. The quantitative estimate of drug-likeness (QED) is 0.728. The van der Waals surface area contributed by atoms with Crippen molar-refractivity contribution in [1.29, 1.82) is 0 Å². The number of hydrogen-bond acceptors (Lipinski definition) is 3. The standard InChI is InChI=1S/C13H27N3O/c1-10-8-11(2)16(9-10)7-5-6-13(3,15-4)12(14)17/h10-11,15H,5-9H2,1-4H3,(H2,14,17). The normalized spacial score (nSPS) is 29.2. The zero-order valence-corrected chi connectivity index (χ0v) is 11.6. The predicted octanol–water partition coefficient (Wildman–Crippen LogP) is 0.960. The molecule has 0 saturated carbocycles. The van der Waals surface area contributed by atoms with E-state index < -0.39 is 5.54 Å². The van der Waals surface area contributed by atoms with E-state index in [0.717, 1.165) is 25.3 Å². The molecular formula is C13H27N3O. The fourth-order valence-electron chi connectivity index (χ4n) is 2.70. The Kier molecular flexibility index (Phi) is 4.95. The van der Waals surface area contributed by atoms with Gasteiger partial charge in [-0.1, -0.05) is 6.92 Å². The number of amides is 1. The third kappa shape index (κ3) is 3.68. The molecule has 0 aromatic rings. The zero-order chi connectivity index (χ0) is 13.1. The molecule has 3 N–H and O–H groups in total. The Morgan fingerprint density at radius 2 is 2.18 bits per heavy atom. The molecule has 17 heavy (non-hydrogen) atoms. The first-order chi connectivity index (χ1) is 7.89. The summed E-state index contributed by atoms with van der Waals surface area (Å²) in [5, 5.41) is 3.03. The highest BCUT2D eigenvalue weighted by Crippen LogP contribution is 2.23. The van der Waals surface area contributed by atoms with Gasteiger partial charge in [0.1, 0.15) is 0 Å². The molecular weight excluding hydrogens is 214 g/mol. The molecule has 0 spiro atoms. The summed E-state index contributed by atoms with van der Waals surface area (Å²) < 4.78 is 0. The third-order valence-corrected chi connectivity index (χ3v) is 4.13. The van der Waals surface area contributed by atoms with Crippen molar-refractivity contribution in [2.75, 3.05) is 20.1 Å². The van der Waals surface area contributed by atoms with Gasteiger partial charge in [0, 0.05) is 12.6 Å². The van der Waals surface area contributed by atoms with Crippen molar-refractivity contribution in [3.05, 3.63) is 0 Å². The number of primary amides is 1. The minimum Gasteiger partial charge on any atom is -0.368 e. The largest absolute Gasteiger partial charge is 0.368 e. The van der Waals surface area contributed by atoms with Crippen molar-refractivity contribution >= 4 is 5.91 Å².